The Morgan fingerprint density at radius 3 is 2.57 bits per heavy atom. The molecule has 0 aliphatic rings. The molecule has 112 valence electrons. The van der Waals surface area contributed by atoms with Crippen molar-refractivity contribution >= 4 is 33.3 Å². The highest BCUT2D eigenvalue weighted by Gasteiger charge is 2.31. The van der Waals surface area contributed by atoms with Crippen LogP contribution in [-0.2, 0) is 4.79 Å². The predicted molar refractivity (Wildman–Crippen MR) is 84.9 cm³/mol. The van der Waals surface area contributed by atoms with Gasteiger partial charge in [-0.1, -0.05) is 13.8 Å². The molecule has 0 saturated heterocycles. The summed E-state index contributed by atoms with van der Waals surface area (Å²) in [4.78, 5) is 23.5. The summed E-state index contributed by atoms with van der Waals surface area (Å²) >= 11 is 1.63. The molecule has 1 aromatic carbocycles. The number of thiophene rings is 1. The lowest BCUT2D eigenvalue weighted by Crippen LogP contribution is -2.49. The number of amides is 1. The molecular weight excluding hydrogens is 286 g/mol. The largest absolute Gasteiger partial charge is 0.481 e. The molecule has 0 radical (unpaired) electrons. The number of carboxylic acids is 1. The number of nitrogens with one attached hydrogen (secondary N) is 1. The summed E-state index contributed by atoms with van der Waals surface area (Å²) < 4.78 is 1.13. The van der Waals surface area contributed by atoms with Gasteiger partial charge in [-0.05, 0) is 47.9 Å². The first-order valence-electron chi connectivity index (χ1n) is 7.01. The fourth-order valence-corrected chi connectivity index (χ4v) is 3.20. The van der Waals surface area contributed by atoms with Gasteiger partial charge in [0, 0.05) is 10.3 Å². The van der Waals surface area contributed by atoms with Gasteiger partial charge in [0.1, 0.15) is 0 Å². The number of hydrogen-bond acceptors (Lipinski definition) is 3. The summed E-state index contributed by atoms with van der Waals surface area (Å²) in [5, 5.41) is 15.0. The molecule has 4 nitrogen and oxygen atoms in total. The standard InChI is InChI=1S/C16H19NO3S/c1-3-16(4-2,10-14(18)19)17-15(20)12-5-6-13-11(9-12)7-8-21-13/h5-9H,3-4,10H2,1-2H3,(H,17,20)(H,18,19). The van der Waals surface area contributed by atoms with E-state index in [2.05, 4.69) is 5.32 Å². The number of rotatable bonds is 6. The van der Waals surface area contributed by atoms with Crippen molar-refractivity contribution in [2.24, 2.45) is 0 Å². The minimum absolute atomic E-state index is 0.0631. The number of hydrogen-bond donors (Lipinski definition) is 2. The topological polar surface area (TPSA) is 66.4 Å². The molecule has 0 aliphatic carbocycles. The van der Waals surface area contributed by atoms with Crippen molar-refractivity contribution in [3.8, 4) is 0 Å². The number of benzene rings is 1. The van der Waals surface area contributed by atoms with E-state index in [9.17, 15) is 9.59 Å². The first-order chi connectivity index (χ1) is 9.99. The van der Waals surface area contributed by atoms with Crippen LogP contribution in [0, 0.1) is 0 Å². The van der Waals surface area contributed by atoms with Gasteiger partial charge >= 0.3 is 5.97 Å². The quantitative estimate of drug-likeness (QED) is 0.856. The monoisotopic (exact) mass is 305 g/mol. The maximum Gasteiger partial charge on any atom is 0.305 e. The number of carboxylic acid groups (broad SMARTS) is 1. The first-order valence-corrected chi connectivity index (χ1v) is 7.89. The first kappa shape index (κ1) is 15.5. The van der Waals surface area contributed by atoms with Crippen molar-refractivity contribution in [2.45, 2.75) is 38.6 Å². The second kappa shape index (κ2) is 6.26. The molecule has 0 aliphatic heterocycles. The highest BCUT2D eigenvalue weighted by atomic mass is 32.1. The maximum atomic E-state index is 12.4. The van der Waals surface area contributed by atoms with E-state index in [1.807, 2.05) is 37.4 Å². The lowest BCUT2D eigenvalue weighted by atomic mass is 9.88. The Morgan fingerprint density at radius 1 is 1.24 bits per heavy atom. The van der Waals surface area contributed by atoms with E-state index in [4.69, 9.17) is 5.11 Å². The van der Waals surface area contributed by atoms with E-state index < -0.39 is 11.5 Å². The molecule has 0 bridgehead atoms. The van der Waals surface area contributed by atoms with Gasteiger partial charge in [-0.15, -0.1) is 11.3 Å². The van der Waals surface area contributed by atoms with E-state index in [1.165, 1.54) is 0 Å². The zero-order valence-corrected chi connectivity index (χ0v) is 13.0. The zero-order valence-electron chi connectivity index (χ0n) is 12.2. The average molecular weight is 305 g/mol. The highest BCUT2D eigenvalue weighted by Crippen LogP contribution is 2.24. The fourth-order valence-electron chi connectivity index (χ4n) is 2.43. The molecule has 0 atom stereocenters. The molecule has 0 fully saturated rings. The smallest absolute Gasteiger partial charge is 0.305 e. The van der Waals surface area contributed by atoms with Crippen LogP contribution in [0.2, 0.25) is 0 Å². The lowest BCUT2D eigenvalue weighted by molar-refractivity contribution is -0.138. The minimum Gasteiger partial charge on any atom is -0.481 e. The fraction of sp³-hybridized carbons (Fsp3) is 0.375. The summed E-state index contributed by atoms with van der Waals surface area (Å²) in [5.41, 5.74) is -0.121. The van der Waals surface area contributed by atoms with Crippen molar-refractivity contribution in [3.05, 3.63) is 35.2 Å². The van der Waals surface area contributed by atoms with Crippen LogP contribution in [0.3, 0.4) is 0 Å². The Hall–Kier alpha value is -1.88. The second-order valence-electron chi connectivity index (χ2n) is 5.19. The van der Waals surface area contributed by atoms with Crippen LogP contribution >= 0.6 is 11.3 Å². The van der Waals surface area contributed by atoms with E-state index in [-0.39, 0.29) is 12.3 Å². The third kappa shape index (κ3) is 3.42. The summed E-state index contributed by atoms with van der Waals surface area (Å²) in [6.45, 7) is 3.80. The third-order valence-electron chi connectivity index (χ3n) is 3.94. The second-order valence-corrected chi connectivity index (χ2v) is 6.13. The molecule has 2 rings (SSSR count). The van der Waals surface area contributed by atoms with Crippen molar-refractivity contribution in [1.29, 1.82) is 0 Å². The van der Waals surface area contributed by atoms with Gasteiger partial charge in [0.25, 0.3) is 5.91 Å². The van der Waals surface area contributed by atoms with Gasteiger partial charge < -0.3 is 10.4 Å². The molecule has 1 heterocycles. The van der Waals surface area contributed by atoms with Crippen LogP contribution in [0.25, 0.3) is 10.1 Å². The predicted octanol–water partition coefficient (Wildman–Crippen LogP) is 3.66. The lowest BCUT2D eigenvalue weighted by Gasteiger charge is -2.31. The van der Waals surface area contributed by atoms with Gasteiger partial charge in [0.05, 0.1) is 12.0 Å². The summed E-state index contributed by atoms with van der Waals surface area (Å²) in [7, 11) is 0. The normalized spacial score (nSPS) is 11.5. The molecule has 2 N–H and O–H groups in total. The van der Waals surface area contributed by atoms with Crippen molar-refractivity contribution in [3.63, 3.8) is 0 Å². The van der Waals surface area contributed by atoms with E-state index in [0.29, 0.717) is 18.4 Å². The molecule has 0 unspecified atom stereocenters. The molecular formula is C16H19NO3S. The van der Waals surface area contributed by atoms with E-state index in [0.717, 1.165) is 10.1 Å². The Morgan fingerprint density at radius 2 is 1.95 bits per heavy atom. The number of fused-ring (bicyclic) bond motifs is 1. The Kier molecular flexibility index (Phi) is 4.63. The van der Waals surface area contributed by atoms with Crippen LogP contribution in [0.5, 0.6) is 0 Å². The van der Waals surface area contributed by atoms with Crippen LogP contribution in [0.1, 0.15) is 43.5 Å². The number of carbonyl (C=O) groups is 2. The van der Waals surface area contributed by atoms with Gasteiger partial charge in [0.2, 0.25) is 0 Å². The van der Waals surface area contributed by atoms with Gasteiger partial charge in [-0.3, -0.25) is 9.59 Å². The van der Waals surface area contributed by atoms with E-state index >= 15 is 0 Å². The molecule has 0 saturated carbocycles. The van der Waals surface area contributed by atoms with Crippen molar-refractivity contribution in [2.75, 3.05) is 0 Å². The van der Waals surface area contributed by atoms with Crippen molar-refractivity contribution < 1.29 is 14.7 Å². The zero-order chi connectivity index (χ0) is 15.5. The third-order valence-corrected chi connectivity index (χ3v) is 4.83. The van der Waals surface area contributed by atoms with Gasteiger partial charge in [0.15, 0.2) is 0 Å². The Labute approximate surface area is 127 Å². The minimum atomic E-state index is -0.896. The molecule has 2 aromatic rings. The molecule has 21 heavy (non-hydrogen) atoms. The molecule has 1 amide bonds. The SMILES string of the molecule is CCC(CC)(CC(=O)O)NC(=O)c1ccc2sccc2c1. The Bertz CT molecular complexity index is 658. The van der Waals surface area contributed by atoms with Gasteiger partial charge in [-0.25, -0.2) is 0 Å². The van der Waals surface area contributed by atoms with Crippen LogP contribution in [-0.4, -0.2) is 22.5 Å². The number of aliphatic carboxylic acids is 1. The summed E-state index contributed by atoms with van der Waals surface area (Å²) in [6, 6.07) is 7.52. The van der Waals surface area contributed by atoms with Gasteiger partial charge in [-0.2, -0.15) is 0 Å². The van der Waals surface area contributed by atoms with Crippen LogP contribution < -0.4 is 5.32 Å². The highest BCUT2D eigenvalue weighted by molar-refractivity contribution is 7.17. The average Bonchev–Trinajstić information content (AvgIpc) is 2.93. The molecule has 5 heteroatoms. The summed E-state index contributed by atoms with van der Waals surface area (Å²) in [6.07, 6.45) is 1.11. The van der Waals surface area contributed by atoms with Crippen LogP contribution in [0.4, 0.5) is 0 Å². The Balaban J connectivity index is 2.23. The summed E-state index contributed by atoms with van der Waals surface area (Å²) in [5.74, 6) is -1.11. The molecule has 1 aromatic heterocycles. The van der Waals surface area contributed by atoms with Crippen molar-refractivity contribution in [1.82, 2.24) is 5.32 Å². The molecule has 0 spiro atoms. The van der Waals surface area contributed by atoms with Crippen LogP contribution in [0.15, 0.2) is 29.6 Å². The van der Waals surface area contributed by atoms with E-state index in [1.54, 1.807) is 17.4 Å². The number of carbonyl (C=O) groups excluding carboxylic acids is 1. The maximum absolute atomic E-state index is 12.4.